The zero-order chi connectivity index (χ0) is 23.5. The minimum absolute atomic E-state index is 0.165. The van der Waals surface area contributed by atoms with Crippen LogP contribution in [0.2, 0.25) is 5.02 Å². The van der Waals surface area contributed by atoms with Crippen LogP contribution in [0.4, 0.5) is 15.9 Å². The quantitative estimate of drug-likeness (QED) is 0.409. The summed E-state index contributed by atoms with van der Waals surface area (Å²) < 4.78 is 20.9. The van der Waals surface area contributed by atoms with Crippen molar-refractivity contribution < 1.29 is 9.13 Å². The number of benzene rings is 1. The molecule has 0 amide bonds. The molecule has 0 atom stereocenters. The predicted molar refractivity (Wildman–Crippen MR) is 129 cm³/mol. The van der Waals surface area contributed by atoms with Crippen molar-refractivity contribution in [3.05, 3.63) is 77.2 Å². The van der Waals surface area contributed by atoms with Crippen molar-refractivity contribution >= 4 is 28.6 Å². The summed E-state index contributed by atoms with van der Waals surface area (Å²) in [6.45, 7) is 2.95. The van der Waals surface area contributed by atoms with E-state index in [-0.39, 0.29) is 6.61 Å². The Hall–Kier alpha value is -3.27. The molecule has 0 aliphatic carbocycles. The van der Waals surface area contributed by atoms with Gasteiger partial charge in [0.1, 0.15) is 30.0 Å². The maximum absolute atomic E-state index is 13.3. The molecule has 5 rings (SSSR count). The van der Waals surface area contributed by atoms with Crippen LogP contribution in [0.15, 0.2) is 55.2 Å². The van der Waals surface area contributed by atoms with Crippen LogP contribution in [0.3, 0.4) is 0 Å². The summed E-state index contributed by atoms with van der Waals surface area (Å²) in [5.74, 6) is 0.784. The summed E-state index contributed by atoms with van der Waals surface area (Å²) >= 11 is 6.45. The van der Waals surface area contributed by atoms with Gasteiger partial charge in [0, 0.05) is 36.2 Å². The van der Waals surface area contributed by atoms with Crippen molar-refractivity contribution in [1.82, 2.24) is 24.5 Å². The molecule has 8 nitrogen and oxygen atoms in total. The second-order valence-electron chi connectivity index (χ2n) is 8.43. The fraction of sp³-hybridized carbons (Fsp3) is 0.292. The zero-order valence-corrected chi connectivity index (χ0v) is 19.2. The molecule has 3 aromatic heterocycles. The summed E-state index contributed by atoms with van der Waals surface area (Å²) in [5, 5.41) is 8.14. The zero-order valence-electron chi connectivity index (χ0n) is 18.5. The second-order valence-corrected chi connectivity index (χ2v) is 8.83. The van der Waals surface area contributed by atoms with Gasteiger partial charge in [-0.1, -0.05) is 11.6 Å². The van der Waals surface area contributed by atoms with E-state index in [0.717, 1.165) is 55.4 Å². The lowest BCUT2D eigenvalue weighted by atomic mass is 10.1. The van der Waals surface area contributed by atoms with Gasteiger partial charge in [-0.2, -0.15) is 5.10 Å². The van der Waals surface area contributed by atoms with E-state index < -0.39 is 5.82 Å². The molecular weight excluding hydrogens is 457 g/mol. The van der Waals surface area contributed by atoms with Crippen molar-refractivity contribution in [2.24, 2.45) is 5.73 Å². The van der Waals surface area contributed by atoms with Gasteiger partial charge in [0.2, 0.25) is 0 Å². The maximum Gasteiger partial charge on any atom is 0.158 e. The molecule has 4 heterocycles. The average Bonchev–Trinajstić information content (AvgIpc) is 3.24. The highest BCUT2D eigenvalue weighted by atomic mass is 35.5. The van der Waals surface area contributed by atoms with Gasteiger partial charge in [0.25, 0.3) is 0 Å². The molecule has 176 valence electrons. The summed E-state index contributed by atoms with van der Waals surface area (Å²) in [6, 6.07) is 9.15. The van der Waals surface area contributed by atoms with Crippen molar-refractivity contribution in [2.45, 2.75) is 32.0 Å². The largest absolute Gasteiger partial charge is 0.487 e. The van der Waals surface area contributed by atoms with Crippen LogP contribution in [-0.4, -0.2) is 43.6 Å². The molecule has 0 bridgehead atoms. The fourth-order valence-electron chi connectivity index (χ4n) is 4.12. The number of anilines is 2. The summed E-state index contributed by atoms with van der Waals surface area (Å²) in [7, 11) is 0. The van der Waals surface area contributed by atoms with Gasteiger partial charge in [0.15, 0.2) is 5.82 Å². The molecule has 1 aliphatic rings. The van der Waals surface area contributed by atoms with Gasteiger partial charge in [-0.15, -0.1) is 0 Å². The monoisotopic (exact) mass is 481 g/mol. The average molecular weight is 482 g/mol. The Bertz CT molecular complexity index is 1290. The number of nitrogens with zero attached hydrogens (tertiary/aromatic N) is 5. The van der Waals surface area contributed by atoms with Crippen LogP contribution >= 0.6 is 11.6 Å². The van der Waals surface area contributed by atoms with E-state index in [1.54, 1.807) is 18.3 Å². The topological polar surface area (TPSA) is 93.6 Å². The Labute approximate surface area is 201 Å². The lowest BCUT2D eigenvalue weighted by Crippen LogP contribution is -2.39. The molecule has 10 heteroatoms. The van der Waals surface area contributed by atoms with Crippen molar-refractivity contribution in [3.8, 4) is 5.75 Å². The summed E-state index contributed by atoms with van der Waals surface area (Å²) in [5.41, 5.74) is 9.51. The van der Waals surface area contributed by atoms with Crippen LogP contribution in [0, 0.1) is 5.82 Å². The van der Waals surface area contributed by atoms with E-state index in [1.807, 2.05) is 16.8 Å². The number of aromatic nitrogens is 4. The molecule has 0 radical (unpaired) electrons. The Kier molecular flexibility index (Phi) is 6.57. The van der Waals surface area contributed by atoms with Crippen molar-refractivity contribution in [3.63, 3.8) is 0 Å². The minimum atomic E-state index is -0.406. The van der Waals surface area contributed by atoms with Crippen LogP contribution in [0.25, 0.3) is 5.52 Å². The van der Waals surface area contributed by atoms with E-state index in [1.165, 1.54) is 12.4 Å². The number of pyridine rings is 1. The standard InChI is InChI=1S/C24H25ClFN7O/c25-21-10-20(1-2-22(21)34-14-16-9-18(26)12-28-11-16)31-24-23-17(3-8-33(23)30-15-29-24)13-32-6-4-19(27)5-7-32/h1-3,8-12,15,19H,4-7,13-14,27H2,(H,29,30,31). The number of nitrogens with two attached hydrogens (primary N) is 1. The van der Waals surface area contributed by atoms with Gasteiger partial charge in [-0.25, -0.2) is 13.9 Å². The number of piperidine rings is 1. The van der Waals surface area contributed by atoms with Crippen molar-refractivity contribution in [1.29, 1.82) is 0 Å². The van der Waals surface area contributed by atoms with Gasteiger partial charge in [-0.3, -0.25) is 9.88 Å². The van der Waals surface area contributed by atoms with Crippen LogP contribution < -0.4 is 15.8 Å². The third kappa shape index (κ3) is 5.11. The van der Waals surface area contributed by atoms with Gasteiger partial charge in [0.05, 0.1) is 11.2 Å². The lowest BCUT2D eigenvalue weighted by Gasteiger charge is -2.29. The minimum Gasteiger partial charge on any atom is -0.487 e. The number of likely N-dealkylation sites (tertiary alicyclic amines) is 1. The Morgan fingerprint density at radius 1 is 1.18 bits per heavy atom. The van der Waals surface area contributed by atoms with Gasteiger partial charge in [-0.05, 0) is 61.8 Å². The SMILES string of the molecule is NC1CCN(Cc2ccn3ncnc(Nc4ccc(OCc5cncc(F)c5)c(Cl)c4)c23)CC1. The first-order chi connectivity index (χ1) is 16.5. The molecule has 34 heavy (non-hydrogen) atoms. The summed E-state index contributed by atoms with van der Waals surface area (Å²) in [4.78, 5) is 10.7. The van der Waals surface area contributed by atoms with E-state index in [4.69, 9.17) is 22.1 Å². The number of fused-ring (bicyclic) bond motifs is 1. The Morgan fingerprint density at radius 3 is 2.82 bits per heavy atom. The molecule has 3 N–H and O–H groups in total. The first-order valence-electron chi connectivity index (χ1n) is 11.1. The number of hydrogen-bond donors (Lipinski definition) is 2. The molecule has 0 unspecified atom stereocenters. The highest BCUT2D eigenvalue weighted by Gasteiger charge is 2.19. The lowest BCUT2D eigenvalue weighted by molar-refractivity contribution is 0.206. The molecule has 1 saturated heterocycles. The number of rotatable bonds is 7. The van der Waals surface area contributed by atoms with Crippen molar-refractivity contribution in [2.75, 3.05) is 18.4 Å². The normalized spacial score (nSPS) is 15.0. The first kappa shape index (κ1) is 22.5. The number of ether oxygens (including phenoxy) is 1. The van der Waals surface area contributed by atoms with E-state index in [0.29, 0.717) is 28.2 Å². The third-order valence-corrected chi connectivity index (χ3v) is 6.21. The molecular formula is C24H25ClFN7O. The molecule has 0 saturated carbocycles. The number of halogens is 2. The first-order valence-corrected chi connectivity index (χ1v) is 11.5. The van der Waals surface area contributed by atoms with Gasteiger partial charge >= 0.3 is 0 Å². The maximum atomic E-state index is 13.3. The van der Waals surface area contributed by atoms with E-state index >= 15 is 0 Å². The molecule has 4 aromatic rings. The number of nitrogens with one attached hydrogen (secondary N) is 1. The molecule has 1 aliphatic heterocycles. The van der Waals surface area contributed by atoms with Crippen LogP contribution in [-0.2, 0) is 13.2 Å². The molecule has 1 fully saturated rings. The number of hydrogen-bond acceptors (Lipinski definition) is 7. The van der Waals surface area contributed by atoms with E-state index in [2.05, 4.69) is 31.3 Å². The summed E-state index contributed by atoms with van der Waals surface area (Å²) in [6.07, 6.45) is 8.19. The van der Waals surface area contributed by atoms with Crippen LogP contribution in [0.1, 0.15) is 24.0 Å². The molecule has 1 aromatic carbocycles. The third-order valence-electron chi connectivity index (χ3n) is 5.91. The van der Waals surface area contributed by atoms with Crippen LogP contribution in [0.5, 0.6) is 5.75 Å². The Balaban J connectivity index is 1.31. The predicted octanol–water partition coefficient (Wildman–Crippen LogP) is 4.16. The fourth-order valence-corrected chi connectivity index (χ4v) is 4.35. The molecule has 0 spiro atoms. The highest BCUT2D eigenvalue weighted by molar-refractivity contribution is 6.32. The second kappa shape index (κ2) is 9.92. The van der Waals surface area contributed by atoms with E-state index in [9.17, 15) is 4.39 Å². The smallest absolute Gasteiger partial charge is 0.158 e. The highest BCUT2D eigenvalue weighted by Crippen LogP contribution is 2.31. The Morgan fingerprint density at radius 2 is 2.03 bits per heavy atom. The van der Waals surface area contributed by atoms with Gasteiger partial charge < -0.3 is 15.8 Å².